The summed E-state index contributed by atoms with van der Waals surface area (Å²) in [4.78, 5) is 11.5. The van der Waals surface area contributed by atoms with E-state index in [9.17, 15) is 0 Å². The number of aromatic nitrogens is 1. The number of hydrogen-bond acceptors (Lipinski definition) is 3. The normalized spacial score (nSPS) is 18.7. The number of guanidine groups is 1. The van der Waals surface area contributed by atoms with E-state index >= 15 is 0 Å². The Morgan fingerprint density at radius 2 is 2.13 bits per heavy atom. The van der Waals surface area contributed by atoms with Crippen molar-refractivity contribution in [1.82, 2.24) is 20.5 Å². The van der Waals surface area contributed by atoms with Crippen molar-refractivity contribution in [2.75, 3.05) is 26.2 Å². The van der Waals surface area contributed by atoms with Gasteiger partial charge in [0.2, 0.25) is 0 Å². The second kappa shape index (κ2) is 9.50. The fourth-order valence-electron chi connectivity index (χ4n) is 2.84. The number of aliphatic imine (C=N–C) groups is 1. The Morgan fingerprint density at radius 1 is 1.35 bits per heavy atom. The van der Waals surface area contributed by atoms with E-state index in [-0.39, 0.29) is 0 Å². The van der Waals surface area contributed by atoms with Gasteiger partial charge in [0, 0.05) is 25.3 Å². The molecule has 1 aromatic rings. The molecule has 0 aliphatic carbocycles. The molecule has 23 heavy (non-hydrogen) atoms. The second-order valence-electron chi connectivity index (χ2n) is 6.46. The highest BCUT2D eigenvalue weighted by Gasteiger charge is 2.20. The van der Waals surface area contributed by atoms with Gasteiger partial charge in [-0.25, -0.2) is 4.99 Å². The van der Waals surface area contributed by atoms with Crippen LogP contribution in [0.25, 0.3) is 0 Å². The molecule has 1 unspecified atom stereocenters. The van der Waals surface area contributed by atoms with E-state index in [1.54, 1.807) is 0 Å². The van der Waals surface area contributed by atoms with E-state index < -0.39 is 0 Å². The van der Waals surface area contributed by atoms with Crippen LogP contribution in [0, 0.1) is 5.92 Å². The first-order chi connectivity index (χ1) is 11.2. The number of piperidine rings is 1. The van der Waals surface area contributed by atoms with Crippen LogP contribution < -0.4 is 10.6 Å². The molecule has 1 fully saturated rings. The summed E-state index contributed by atoms with van der Waals surface area (Å²) in [7, 11) is 0. The molecule has 2 N–H and O–H groups in total. The highest BCUT2D eigenvalue weighted by atomic mass is 15.2. The lowest BCUT2D eigenvalue weighted by atomic mass is 9.98. The fourth-order valence-corrected chi connectivity index (χ4v) is 2.84. The summed E-state index contributed by atoms with van der Waals surface area (Å²) in [6, 6.07) is 6.46. The van der Waals surface area contributed by atoms with Crippen LogP contribution in [0.4, 0.5) is 0 Å². The number of pyridine rings is 1. The average Bonchev–Trinajstić information content (AvgIpc) is 2.58. The minimum Gasteiger partial charge on any atom is -0.357 e. The minimum absolute atomic E-state index is 0.529. The van der Waals surface area contributed by atoms with Crippen molar-refractivity contribution >= 4 is 5.96 Å². The summed E-state index contributed by atoms with van der Waals surface area (Å²) >= 11 is 0. The van der Waals surface area contributed by atoms with Crippen LogP contribution in [-0.4, -0.2) is 48.1 Å². The Bertz CT molecular complexity index is 466. The molecule has 2 rings (SSSR count). The van der Waals surface area contributed by atoms with Gasteiger partial charge in [0.25, 0.3) is 0 Å². The van der Waals surface area contributed by atoms with Gasteiger partial charge in [-0.1, -0.05) is 13.0 Å². The predicted molar refractivity (Wildman–Crippen MR) is 96.5 cm³/mol. The van der Waals surface area contributed by atoms with Crippen molar-refractivity contribution in [3.05, 3.63) is 30.1 Å². The van der Waals surface area contributed by atoms with E-state index in [0.717, 1.165) is 30.7 Å². The predicted octanol–water partition coefficient (Wildman–Crippen LogP) is 2.26. The summed E-state index contributed by atoms with van der Waals surface area (Å²) in [6.07, 6.45) is 4.45. The molecule has 0 saturated carbocycles. The first kappa shape index (κ1) is 17.7. The van der Waals surface area contributed by atoms with Gasteiger partial charge in [-0.05, 0) is 57.8 Å². The van der Waals surface area contributed by atoms with E-state index in [1.165, 1.54) is 25.9 Å². The lowest BCUT2D eigenvalue weighted by Crippen LogP contribution is -2.48. The van der Waals surface area contributed by atoms with E-state index in [4.69, 9.17) is 0 Å². The van der Waals surface area contributed by atoms with Crippen molar-refractivity contribution in [1.29, 1.82) is 0 Å². The summed E-state index contributed by atoms with van der Waals surface area (Å²) in [6.45, 7) is 11.6. The molecule has 0 amide bonds. The molecule has 1 aliphatic rings. The van der Waals surface area contributed by atoms with E-state index in [0.29, 0.717) is 12.6 Å². The van der Waals surface area contributed by atoms with Crippen LogP contribution >= 0.6 is 0 Å². The topological polar surface area (TPSA) is 52.6 Å². The van der Waals surface area contributed by atoms with Crippen molar-refractivity contribution in [2.24, 2.45) is 10.9 Å². The lowest BCUT2D eigenvalue weighted by molar-refractivity contribution is 0.147. The van der Waals surface area contributed by atoms with E-state index in [1.807, 2.05) is 24.4 Å². The number of rotatable bonds is 6. The van der Waals surface area contributed by atoms with Gasteiger partial charge in [0.05, 0.1) is 12.2 Å². The van der Waals surface area contributed by atoms with Gasteiger partial charge in [-0.15, -0.1) is 0 Å². The summed E-state index contributed by atoms with van der Waals surface area (Å²) in [5.41, 5.74) is 0.989. The fraction of sp³-hybridized carbons (Fsp3) is 0.667. The number of nitrogens with one attached hydrogen (secondary N) is 2. The van der Waals surface area contributed by atoms with Crippen LogP contribution in [0.2, 0.25) is 0 Å². The maximum atomic E-state index is 4.63. The molecule has 0 spiro atoms. The monoisotopic (exact) mass is 317 g/mol. The van der Waals surface area contributed by atoms with Crippen molar-refractivity contribution < 1.29 is 0 Å². The number of nitrogens with zero attached hydrogens (tertiary/aromatic N) is 3. The van der Waals surface area contributed by atoms with Crippen molar-refractivity contribution in [3.63, 3.8) is 0 Å². The Balaban J connectivity index is 1.81. The minimum atomic E-state index is 0.529. The molecule has 0 radical (unpaired) electrons. The summed E-state index contributed by atoms with van der Waals surface area (Å²) in [5, 5.41) is 6.78. The van der Waals surface area contributed by atoms with Gasteiger partial charge < -0.3 is 10.6 Å². The van der Waals surface area contributed by atoms with Crippen LogP contribution in [-0.2, 0) is 6.54 Å². The smallest absolute Gasteiger partial charge is 0.191 e. The van der Waals surface area contributed by atoms with Gasteiger partial charge in [-0.3, -0.25) is 9.88 Å². The highest BCUT2D eigenvalue weighted by Crippen LogP contribution is 2.17. The third kappa shape index (κ3) is 6.18. The van der Waals surface area contributed by atoms with Crippen LogP contribution in [0.5, 0.6) is 0 Å². The Morgan fingerprint density at radius 3 is 2.78 bits per heavy atom. The standard InChI is InChI=1S/C18H31N5/c1-4-19-18(22-14-17-7-5-6-10-20-17)21-13-16(3)23-11-8-15(2)9-12-23/h5-7,10,15-16H,4,8-9,11-14H2,1-3H3,(H2,19,21,22). The SMILES string of the molecule is CCNC(=NCc1ccccn1)NCC(C)N1CCC(C)CC1. The van der Waals surface area contributed by atoms with Gasteiger partial charge in [-0.2, -0.15) is 0 Å². The van der Waals surface area contributed by atoms with Crippen LogP contribution in [0.3, 0.4) is 0 Å². The van der Waals surface area contributed by atoms with E-state index in [2.05, 4.69) is 46.3 Å². The Labute approximate surface area is 140 Å². The maximum Gasteiger partial charge on any atom is 0.191 e. The molecule has 5 heteroatoms. The first-order valence-corrected chi connectivity index (χ1v) is 8.85. The summed E-state index contributed by atoms with van der Waals surface area (Å²) < 4.78 is 0. The molecular weight excluding hydrogens is 286 g/mol. The van der Waals surface area contributed by atoms with Crippen LogP contribution in [0.1, 0.15) is 39.3 Å². The van der Waals surface area contributed by atoms with Gasteiger partial charge in [0.15, 0.2) is 5.96 Å². The largest absolute Gasteiger partial charge is 0.357 e. The zero-order chi connectivity index (χ0) is 16.5. The zero-order valence-electron chi connectivity index (χ0n) is 14.8. The highest BCUT2D eigenvalue weighted by molar-refractivity contribution is 5.79. The second-order valence-corrected chi connectivity index (χ2v) is 6.46. The molecule has 1 saturated heterocycles. The van der Waals surface area contributed by atoms with Crippen molar-refractivity contribution in [2.45, 2.75) is 46.2 Å². The molecule has 2 heterocycles. The molecule has 1 aliphatic heterocycles. The molecule has 1 aromatic heterocycles. The Hall–Kier alpha value is -1.62. The molecule has 128 valence electrons. The summed E-state index contributed by atoms with van der Waals surface area (Å²) in [5.74, 6) is 1.75. The Kier molecular flexibility index (Phi) is 7.33. The van der Waals surface area contributed by atoms with Gasteiger partial charge >= 0.3 is 0 Å². The third-order valence-corrected chi connectivity index (χ3v) is 4.48. The first-order valence-electron chi connectivity index (χ1n) is 8.85. The molecule has 1 atom stereocenters. The molecule has 0 bridgehead atoms. The van der Waals surface area contributed by atoms with Crippen LogP contribution in [0.15, 0.2) is 29.4 Å². The maximum absolute atomic E-state index is 4.63. The van der Waals surface area contributed by atoms with Gasteiger partial charge in [0.1, 0.15) is 0 Å². The molecule has 0 aromatic carbocycles. The van der Waals surface area contributed by atoms with Crippen molar-refractivity contribution in [3.8, 4) is 0 Å². The molecular formula is C18H31N5. The molecule has 5 nitrogen and oxygen atoms in total. The number of likely N-dealkylation sites (tertiary alicyclic amines) is 1. The third-order valence-electron chi connectivity index (χ3n) is 4.48. The lowest BCUT2D eigenvalue weighted by Gasteiger charge is -2.35. The quantitative estimate of drug-likeness (QED) is 0.624. The average molecular weight is 317 g/mol. The number of hydrogen-bond donors (Lipinski definition) is 2. The zero-order valence-corrected chi connectivity index (χ0v) is 14.8.